The molecule has 0 radical (unpaired) electrons. The van der Waals surface area contributed by atoms with Crippen molar-refractivity contribution in [3.05, 3.63) is 77.9 Å². The molecule has 3 aromatic carbocycles. The molecule has 3 aromatic rings. The fourth-order valence-corrected chi connectivity index (χ4v) is 3.66. The molecule has 0 bridgehead atoms. The first-order chi connectivity index (χ1) is 15.6. The van der Waals surface area contributed by atoms with E-state index in [-0.39, 0.29) is 18.9 Å². The maximum atomic E-state index is 12.8. The second kappa shape index (κ2) is 9.96. The minimum absolute atomic E-state index is 0.134. The van der Waals surface area contributed by atoms with Gasteiger partial charge in [0.15, 0.2) is 11.5 Å². The maximum Gasteiger partial charge on any atom is 0.319 e. The van der Waals surface area contributed by atoms with Crippen LogP contribution in [0.3, 0.4) is 0 Å². The van der Waals surface area contributed by atoms with E-state index < -0.39 is 0 Å². The van der Waals surface area contributed by atoms with Gasteiger partial charge in [-0.3, -0.25) is 0 Å². The molecule has 0 spiro atoms. The zero-order valence-corrected chi connectivity index (χ0v) is 18.1. The molecule has 0 aliphatic carbocycles. The van der Waals surface area contributed by atoms with Gasteiger partial charge in [-0.2, -0.15) is 0 Å². The Hall–Kier alpha value is -3.87. The number of anilines is 1. The number of fused-ring (bicyclic) bond motifs is 1. The van der Waals surface area contributed by atoms with Crippen LogP contribution in [0.5, 0.6) is 23.0 Å². The predicted octanol–water partition coefficient (Wildman–Crippen LogP) is 4.41. The molecule has 166 valence electrons. The summed E-state index contributed by atoms with van der Waals surface area (Å²) in [6.45, 7) is 0.233. The van der Waals surface area contributed by atoms with E-state index in [9.17, 15) is 4.79 Å². The molecule has 1 heterocycles. The van der Waals surface area contributed by atoms with E-state index in [0.29, 0.717) is 30.0 Å². The van der Waals surface area contributed by atoms with Crippen molar-refractivity contribution >= 4 is 11.7 Å². The smallest absolute Gasteiger partial charge is 0.319 e. The van der Waals surface area contributed by atoms with Gasteiger partial charge < -0.3 is 29.6 Å². The lowest BCUT2D eigenvalue weighted by Crippen LogP contribution is -2.40. The average Bonchev–Trinajstić information content (AvgIpc) is 3.27. The van der Waals surface area contributed by atoms with Gasteiger partial charge in [0.25, 0.3) is 0 Å². The van der Waals surface area contributed by atoms with Gasteiger partial charge in [0.2, 0.25) is 6.79 Å². The summed E-state index contributed by atoms with van der Waals surface area (Å²) in [5, 5.41) is 5.98. The number of benzene rings is 3. The fraction of sp³-hybridized carbons (Fsp3) is 0.240. The summed E-state index contributed by atoms with van der Waals surface area (Å²) >= 11 is 0. The van der Waals surface area contributed by atoms with Gasteiger partial charge in [-0.25, -0.2) is 4.79 Å². The zero-order chi connectivity index (χ0) is 22.3. The van der Waals surface area contributed by atoms with Crippen LogP contribution in [0.4, 0.5) is 10.5 Å². The summed E-state index contributed by atoms with van der Waals surface area (Å²) < 4.78 is 21.5. The van der Waals surface area contributed by atoms with Crippen LogP contribution in [0, 0.1) is 0 Å². The van der Waals surface area contributed by atoms with Crippen molar-refractivity contribution in [2.75, 3.05) is 26.3 Å². The van der Waals surface area contributed by atoms with Gasteiger partial charge in [-0.05, 0) is 36.1 Å². The Bertz CT molecular complexity index is 1050. The molecular weight excluding hydrogens is 408 g/mol. The highest BCUT2D eigenvalue weighted by atomic mass is 16.7. The Kier molecular flexibility index (Phi) is 6.65. The van der Waals surface area contributed by atoms with Crippen molar-refractivity contribution in [1.82, 2.24) is 5.32 Å². The number of amides is 2. The van der Waals surface area contributed by atoms with Crippen LogP contribution >= 0.6 is 0 Å². The Balaban J connectivity index is 1.49. The van der Waals surface area contributed by atoms with Crippen molar-refractivity contribution in [3.63, 3.8) is 0 Å². The fourth-order valence-electron chi connectivity index (χ4n) is 3.66. The molecule has 2 N–H and O–H groups in total. The number of nitrogens with one attached hydrogen (secondary N) is 2. The minimum atomic E-state index is -0.304. The summed E-state index contributed by atoms with van der Waals surface area (Å²) in [5.74, 6) is 2.67. The topological polar surface area (TPSA) is 78.1 Å². The van der Waals surface area contributed by atoms with Crippen LogP contribution in [0.1, 0.15) is 11.1 Å². The lowest BCUT2D eigenvalue weighted by atomic mass is 9.98. The van der Waals surface area contributed by atoms with E-state index in [2.05, 4.69) is 22.8 Å². The third-order valence-electron chi connectivity index (χ3n) is 5.19. The van der Waals surface area contributed by atoms with Gasteiger partial charge in [0.1, 0.15) is 11.5 Å². The Labute approximate surface area is 187 Å². The Morgan fingerprint density at radius 3 is 2.28 bits per heavy atom. The number of urea groups is 1. The summed E-state index contributed by atoms with van der Waals surface area (Å²) in [7, 11) is 3.14. The standard InChI is InChI=1S/C25H26N2O5/c1-29-21-13-20(14-22(15-21)30-2)27-25(28)26-19(10-17-6-4-3-5-7-17)11-18-8-9-23-24(12-18)32-16-31-23/h3-9,12-15,19H,10-11,16H2,1-2H3,(H2,26,27,28)/t19-/m1/s1. The van der Waals surface area contributed by atoms with Crippen molar-refractivity contribution in [2.45, 2.75) is 18.9 Å². The summed E-state index contributed by atoms with van der Waals surface area (Å²) in [6.07, 6.45) is 1.32. The maximum absolute atomic E-state index is 12.8. The zero-order valence-electron chi connectivity index (χ0n) is 18.1. The van der Waals surface area contributed by atoms with Gasteiger partial charge in [0.05, 0.1) is 14.2 Å². The number of ether oxygens (including phenoxy) is 4. The highest BCUT2D eigenvalue weighted by molar-refractivity contribution is 5.90. The quantitative estimate of drug-likeness (QED) is 0.549. The molecule has 1 aliphatic heterocycles. The Morgan fingerprint density at radius 1 is 0.875 bits per heavy atom. The van der Waals surface area contributed by atoms with Gasteiger partial charge in [-0.15, -0.1) is 0 Å². The van der Waals surface area contributed by atoms with E-state index in [0.717, 1.165) is 22.6 Å². The number of carbonyl (C=O) groups is 1. The SMILES string of the molecule is COc1cc(NC(=O)N[C@H](Cc2ccccc2)Cc2ccc3c(c2)OCO3)cc(OC)c1. The average molecular weight is 434 g/mol. The van der Waals surface area contributed by atoms with Crippen LogP contribution in [0.15, 0.2) is 66.7 Å². The summed E-state index contributed by atoms with van der Waals surface area (Å²) in [6, 6.07) is 20.7. The highest BCUT2D eigenvalue weighted by Crippen LogP contribution is 2.33. The highest BCUT2D eigenvalue weighted by Gasteiger charge is 2.18. The molecule has 32 heavy (non-hydrogen) atoms. The molecule has 7 heteroatoms. The van der Waals surface area contributed by atoms with Crippen molar-refractivity contribution < 1.29 is 23.7 Å². The van der Waals surface area contributed by atoms with Crippen molar-refractivity contribution in [3.8, 4) is 23.0 Å². The predicted molar refractivity (Wildman–Crippen MR) is 122 cm³/mol. The molecule has 0 aromatic heterocycles. The first kappa shape index (κ1) is 21.4. The van der Waals surface area contributed by atoms with E-state index in [1.807, 2.05) is 36.4 Å². The lowest BCUT2D eigenvalue weighted by molar-refractivity contribution is 0.174. The van der Waals surface area contributed by atoms with Gasteiger partial charge in [0, 0.05) is 29.9 Å². The molecule has 0 saturated heterocycles. The second-order valence-electron chi connectivity index (χ2n) is 7.48. The van der Waals surface area contributed by atoms with Gasteiger partial charge in [-0.1, -0.05) is 36.4 Å². The summed E-state index contributed by atoms with van der Waals surface area (Å²) in [5.41, 5.74) is 2.78. The number of rotatable bonds is 8. The third kappa shape index (κ3) is 5.43. The minimum Gasteiger partial charge on any atom is -0.497 e. The Morgan fingerprint density at radius 2 is 1.56 bits per heavy atom. The molecule has 0 saturated carbocycles. The van der Waals surface area contributed by atoms with Crippen LogP contribution in [0.2, 0.25) is 0 Å². The molecule has 1 aliphatic rings. The molecule has 0 fully saturated rings. The molecule has 1 atom stereocenters. The van der Waals surface area contributed by atoms with Crippen molar-refractivity contribution in [1.29, 1.82) is 0 Å². The van der Waals surface area contributed by atoms with E-state index in [1.165, 1.54) is 0 Å². The van der Waals surface area contributed by atoms with Gasteiger partial charge >= 0.3 is 6.03 Å². The monoisotopic (exact) mass is 434 g/mol. The van der Waals surface area contributed by atoms with Crippen LogP contribution in [0.25, 0.3) is 0 Å². The second-order valence-corrected chi connectivity index (χ2v) is 7.48. The van der Waals surface area contributed by atoms with E-state index in [4.69, 9.17) is 18.9 Å². The van der Waals surface area contributed by atoms with Crippen LogP contribution in [-0.4, -0.2) is 33.1 Å². The normalized spacial score (nSPS) is 12.7. The van der Waals surface area contributed by atoms with Crippen molar-refractivity contribution in [2.24, 2.45) is 0 Å². The largest absolute Gasteiger partial charge is 0.497 e. The van der Waals surface area contributed by atoms with Crippen LogP contribution in [-0.2, 0) is 12.8 Å². The first-order valence-corrected chi connectivity index (χ1v) is 10.4. The number of carbonyl (C=O) groups excluding carboxylic acids is 1. The van der Waals surface area contributed by atoms with E-state index in [1.54, 1.807) is 32.4 Å². The molecule has 7 nitrogen and oxygen atoms in total. The third-order valence-corrected chi connectivity index (χ3v) is 5.19. The first-order valence-electron chi connectivity index (χ1n) is 10.4. The number of hydrogen-bond acceptors (Lipinski definition) is 5. The molecule has 0 unspecified atom stereocenters. The number of hydrogen-bond donors (Lipinski definition) is 2. The molecule has 4 rings (SSSR count). The van der Waals surface area contributed by atoms with E-state index >= 15 is 0 Å². The van der Waals surface area contributed by atoms with Crippen LogP contribution < -0.4 is 29.6 Å². The number of methoxy groups -OCH3 is 2. The molecule has 2 amide bonds. The summed E-state index contributed by atoms with van der Waals surface area (Å²) in [4.78, 5) is 12.8. The lowest BCUT2D eigenvalue weighted by Gasteiger charge is -2.20. The molecular formula is C25H26N2O5.